The molecule has 0 fully saturated rings. The summed E-state index contributed by atoms with van der Waals surface area (Å²) < 4.78 is 0. The molecule has 0 aliphatic rings. The van der Waals surface area contributed by atoms with E-state index in [1.807, 2.05) is 0 Å². The zero-order chi connectivity index (χ0) is 12.4. The number of rotatable bonds is 9. The highest BCUT2D eigenvalue weighted by Gasteiger charge is 2.10. The van der Waals surface area contributed by atoms with Crippen LogP contribution in [-0.2, 0) is 4.79 Å². The van der Waals surface area contributed by atoms with Crippen molar-refractivity contribution in [1.29, 1.82) is 0 Å². The van der Waals surface area contributed by atoms with Gasteiger partial charge in [-0.25, -0.2) is 0 Å². The lowest BCUT2D eigenvalue weighted by Crippen LogP contribution is -2.26. The second-order valence-corrected chi connectivity index (χ2v) is 3.70. The maximum atomic E-state index is 11.1. The van der Waals surface area contributed by atoms with E-state index in [1.54, 1.807) is 12.2 Å². The number of hydrogen-bond acceptors (Lipinski definition) is 3. The Bertz CT molecular complexity index is 228. The van der Waals surface area contributed by atoms with Crippen LogP contribution in [0.3, 0.4) is 0 Å². The zero-order valence-electron chi connectivity index (χ0n) is 9.56. The summed E-state index contributed by atoms with van der Waals surface area (Å²) >= 11 is 0. The summed E-state index contributed by atoms with van der Waals surface area (Å²) in [5, 5.41) is 20.7. The first-order valence-corrected chi connectivity index (χ1v) is 5.43. The van der Waals surface area contributed by atoms with Crippen LogP contribution >= 0.6 is 0 Å². The third-order valence-electron chi connectivity index (χ3n) is 2.29. The molecule has 0 bridgehead atoms. The van der Waals surface area contributed by atoms with E-state index in [0.29, 0.717) is 25.8 Å². The maximum absolute atomic E-state index is 11.1. The van der Waals surface area contributed by atoms with E-state index in [2.05, 4.69) is 18.5 Å². The van der Waals surface area contributed by atoms with Crippen molar-refractivity contribution in [2.24, 2.45) is 5.92 Å². The molecule has 16 heavy (non-hydrogen) atoms. The molecule has 4 nitrogen and oxygen atoms in total. The molecule has 1 amide bonds. The summed E-state index contributed by atoms with van der Waals surface area (Å²) in [6.07, 6.45) is 4.07. The van der Waals surface area contributed by atoms with E-state index in [-0.39, 0.29) is 18.4 Å². The number of carbonyl (C=O) groups is 1. The molecule has 0 aromatic heterocycles. The summed E-state index contributed by atoms with van der Waals surface area (Å²) in [6.45, 7) is 7.43. The molecule has 0 saturated heterocycles. The van der Waals surface area contributed by atoms with Crippen LogP contribution in [0.25, 0.3) is 0 Å². The van der Waals surface area contributed by atoms with E-state index in [1.165, 1.54) is 0 Å². The molecule has 0 aromatic carbocycles. The van der Waals surface area contributed by atoms with Crippen molar-refractivity contribution in [2.45, 2.75) is 25.4 Å². The molecule has 3 N–H and O–H groups in total. The van der Waals surface area contributed by atoms with Crippen molar-refractivity contribution in [3.05, 3.63) is 25.3 Å². The van der Waals surface area contributed by atoms with Gasteiger partial charge in [-0.15, -0.1) is 13.2 Å². The van der Waals surface area contributed by atoms with Crippen LogP contribution in [0.5, 0.6) is 0 Å². The molecule has 0 saturated carbocycles. The highest BCUT2D eigenvalue weighted by atomic mass is 16.3. The lowest BCUT2D eigenvalue weighted by molar-refractivity contribution is -0.120. The van der Waals surface area contributed by atoms with E-state index < -0.39 is 6.10 Å². The van der Waals surface area contributed by atoms with Crippen LogP contribution < -0.4 is 5.32 Å². The summed E-state index contributed by atoms with van der Waals surface area (Å²) in [4.78, 5) is 11.1. The molecule has 0 aliphatic heterocycles. The van der Waals surface area contributed by atoms with Gasteiger partial charge in [0.15, 0.2) is 0 Å². The smallest absolute Gasteiger partial charge is 0.223 e. The van der Waals surface area contributed by atoms with Gasteiger partial charge < -0.3 is 15.5 Å². The van der Waals surface area contributed by atoms with E-state index in [0.717, 1.165) is 0 Å². The average Bonchev–Trinajstić information content (AvgIpc) is 2.27. The van der Waals surface area contributed by atoms with Gasteiger partial charge in [-0.2, -0.15) is 0 Å². The monoisotopic (exact) mass is 227 g/mol. The molecule has 2 atom stereocenters. The molecule has 0 heterocycles. The van der Waals surface area contributed by atoms with Gasteiger partial charge in [0.05, 0.1) is 12.7 Å². The topological polar surface area (TPSA) is 69.6 Å². The van der Waals surface area contributed by atoms with Crippen molar-refractivity contribution >= 4 is 5.91 Å². The van der Waals surface area contributed by atoms with E-state index in [4.69, 9.17) is 5.11 Å². The van der Waals surface area contributed by atoms with Crippen molar-refractivity contribution in [3.63, 3.8) is 0 Å². The molecular formula is C12H21NO3. The van der Waals surface area contributed by atoms with Gasteiger partial charge in [-0.05, 0) is 18.8 Å². The minimum atomic E-state index is -0.716. The third-order valence-corrected chi connectivity index (χ3v) is 2.29. The minimum absolute atomic E-state index is 0.0551. The number of aliphatic hydroxyl groups is 2. The quantitative estimate of drug-likeness (QED) is 0.506. The fourth-order valence-corrected chi connectivity index (χ4v) is 1.36. The van der Waals surface area contributed by atoms with Gasteiger partial charge in [-0.3, -0.25) is 4.79 Å². The lowest BCUT2D eigenvalue weighted by Gasteiger charge is -2.15. The Labute approximate surface area is 96.7 Å². The third kappa shape index (κ3) is 7.20. The molecule has 0 aromatic rings. The van der Waals surface area contributed by atoms with Crippen LogP contribution in [0.15, 0.2) is 25.3 Å². The van der Waals surface area contributed by atoms with Crippen LogP contribution in [0.2, 0.25) is 0 Å². The molecular weight excluding hydrogens is 206 g/mol. The first kappa shape index (κ1) is 14.9. The van der Waals surface area contributed by atoms with Crippen molar-refractivity contribution in [2.75, 3.05) is 13.2 Å². The Hall–Kier alpha value is -1.13. The van der Waals surface area contributed by atoms with Gasteiger partial charge >= 0.3 is 0 Å². The Kier molecular flexibility index (Phi) is 8.48. The van der Waals surface area contributed by atoms with Crippen molar-refractivity contribution in [3.8, 4) is 0 Å². The van der Waals surface area contributed by atoms with Crippen molar-refractivity contribution < 1.29 is 15.0 Å². The van der Waals surface area contributed by atoms with Gasteiger partial charge in [-0.1, -0.05) is 12.2 Å². The fraction of sp³-hybridized carbons (Fsp3) is 0.583. The van der Waals surface area contributed by atoms with Crippen LogP contribution in [0.1, 0.15) is 19.3 Å². The van der Waals surface area contributed by atoms with Crippen LogP contribution in [0.4, 0.5) is 0 Å². The number of nitrogens with one attached hydrogen (secondary N) is 1. The minimum Gasteiger partial charge on any atom is -0.394 e. The Morgan fingerprint density at radius 3 is 2.62 bits per heavy atom. The van der Waals surface area contributed by atoms with Gasteiger partial charge in [0, 0.05) is 13.0 Å². The number of amides is 1. The molecule has 92 valence electrons. The maximum Gasteiger partial charge on any atom is 0.223 e. The Morgan fingerprint density at radius 2 is 2.12 bits per heavy atom. The summed E-state index contributed by atoms with van der Waals surface area (Å²) in [6, 6.07) is 0. The molecule has 0 aliphatic carbocycles. The number of aliphatic hydroxyl groups excluding tert-OH is 2. The summed E-state index contributed by atoms with van der Waals surface area (Å²) in [5.74, 6) is 0.0479. The SMILES string of the molecule is C=CCC(=O)NCC[C@@H](C=C)C[C@H](O)CO. The molecule has 0 unspecified atom stereocenters. The first-order chi connectivity index (χ1) is 7.63. The second kappa shape index (κ2) is 9.12. The molecule has 0 spiro atoms. The Morgan fingerprint density at radius 1 is 1.44 bits per heavy atom. The number of hydrogen-bond donors (Lipinski definition) is 3. The number of carbonyl (C=O) groups excluding carboxylic acids is 1. The zero-order valence-corrected chi connectivity index (χ0v) is 9.56. The normalized spacial score (nSPS) is 13.9. The lowest BCUT2D eigenvalue weighted by atomic mass is 9.98. The van der Waals surface area contributed by atoms with Crippen LogP contribution in [0, 0.1) is 5.92 Å². The molecule has 0 rings (SSSR count). The van der Waals surface area contributed by atoms with Gasteiger partial charge in [0.25, 0.3) is 0 Å². The second-order valence-electron chi connectivity index (χ2n) is 3.70. The first-order valence-electron chi connectivity index (χ1n) is 5.43. The van der Waals surface area contributed by atoms with Gasteiger partial charge in [0.2, 0.25) is 5.91 Å². The highest BCUT2D eigenvalue weighted by Crippen LogP contribution is 2.11. The average molecular weight is 227 g/mol. The van der Waals surface area contributed by atoms with Crippen molar-refractivity contribution in [1.82, 2.24) is 5.32 Å². The molecule has 0 radical (unpaired) electrons. The fourth-order valence-electron chi connectivity index (χ4n) is 1.36. The predicted molar refractivity (Wildman–Crippen MR) is 63.8 cm³/mol. The molecule has 4 heteroatoms. The summed E-state index contributed by atoms with van der Waals surface area (Å²) in [7, 11) is 0. The summed E-state index contributed by atoms with van der Waals surface area (Å²) in [5.41, 5.74) is 0. The number of allylic oxidation sites excluding steroid dienone is 1. The van der Waals surface area contributed by atoms with E-state index >= 15 is 0 Å². The largest absolute Gasteiger partial charge is 0.394 e. The van der Waals surface area contributed by atoms with Crippen LogP contribution in [-0.4, -0.2) is 35.4 Å². The standard InChI is InChI=1S/C12H21NO3/c1-3-5-12(16)13-7-6-10(4-2)8-11(15)9-14/h3-4,10-11,14-15H,1-2,5-9H2,(H,13,16)/t10-,11+/m1/s1. The van der Waals surface area contributed by atoms with Gasteiger partial charge in [0.1, 0.15) is 0 Å². The predicted octanol–water partition coefficient (Wildman–Crippen LogP) is 0.614. The Balaban J connectivity index is 3.74. The van der Waals surface area contributed by atoms with E-state index in [9.17, 15) is 9.90 Å². The highest BCUT2D eigenvalue weighted by molar-refractivity contribution is 5.77.